The fourth-order valence-corrected chi connectivity index (χ4v) is 7.55. The van der Waals surface area contributed by atoms with Crippen molar-refractivity contribution in [2.45, 2.75) is 119 Å². The Balaban J connectivity index is 2.05. The number of hydrogen-bond donors (Lipinski definition) is 0. The van der Waals surface area contributed by atoms with E-state index in [1.807, 2.05) is 0 Å². The molecule has 0 N–H and O–H groups in total. The van der Waals surface area contributed by atoms with E-state index in [0.717, 1.165) is 44.9 Å². The van der Waals surface area contributed by atoms with Crippen molar-refractivity contribution in [3.63, 3.8) is 0 Å². The van der Waals surface area contributed by atoms with Gasteiger partial charge in [-0.25, -0.2) is 4.85 Å². The zero-order chi connectivity index (χ0) is 38.8. The molecule has 4 aromatic carbocycles. The summed E-state index contributed by atoms with van der Waals surface area (Å²) >= 11 is 0. The van der Waals surface area contributed by atoms with Crippen LogP contribution in [0.1, 0.15) is 122 Å². The smallest absolute Gasteiger partial charge is 0.275 e. The first-order valence-electron chi connectivity index (χ1n) is 17.6. The van der Waals surface area contributed by atoms with Gasteiger partial charge in [0.1, 0.15) is 23.0 Å². The molecule has 0 radical (unpaired) electrons. The molecule has 52 heavy (non-hydrogen) atoms. The molecular weight excluding hydrogens is 682 g/mol. The third-order valence-electron chi connectivity index (χ3n) is 9.12. The minimum atomic E-state index is -0.340. The zero-order valence-corrected chi connectivity index (χ0v) is 35.3. The molecule has 0 aliphatic carbocycles. The number of hydrogen-bond acceptors (Lipinski definition) is 5. The molecule has 8 heteroatoms. The van der Waals surface area contributed by atoms with Gasteiger partial charge in [-0.05, 0) is 94.2 Å². The van der Waals surface area contributed by atoms with Crippen molar-refractivity contribution in [1.29, 1.82) is 5.26 Å². The van der Waals surface area contributed by atoms with Gasteiger partial charge in [-0.2, -0.15) is 5.26 Å². The number of nitrogens with zero attached hydrogens (tertiary/aromatic N) is 2. The molecule has 0 bridgehead atoms. The molecule has 0 heterocycles. The van der Waals surface area contributed by atoms with E-state index in [-0.39, 0.29) is 39.7 Å². The van der Waals surface area contributed by atoms with Crippen molar-refractivity contribution in [3.05, 3.63) is 111 Å². The summed E-state index contributed by atoms with van der Waals surface area (Å²) in [6, 6.07) is 21.0. The molecule has 0 aromatic heterocycles. The maximum atomic E-state index is 9.28. The van der Waals surface area contributed by atoms with E-state index in [9.17, 15) is 5.26 Å². The predicted molar refractivity (Wildman–Crippen MR) is 219 cm³/mol. The maximum Gasteiger partial charge on any atom is 0.275 e. The Bertz CT molecular complexity index is 1850. The SMILES string of the molecule is [C-]#[N+]c1ccc(OPOc2c(C(C)(C)C)cc(C(C)(C)C)c(C)c2-c2c(C)c(C(C)(C)C)cc(C(C)(C)C)c2OPOc2ccc(C#N)cc2)cc1. The quantitative estimate of drug-likeness (QED) is 0.126. The van der Waals surface area contributed by atoms with Crippen LogP contribution in [0.4, 0.5) is 5.69 Å². The Labute approximate surface area is 316 Å². The Morgan fingerprint density at radius 2 is 0.885 bits per heavy atom. The molecule has 0 amide bonds. The lowest BCUT2D eigenvalue weighted by Gasteiger charge is -2.35. The van der Waals surface area contributed by atoms with Gasteiger partial charge in [0.2, 0.25) is 0 Å². The van der Waals surface area contributed by atoms with Crippen LogP contribution in [-0.2, 0) is 21.7 Å². The van der Waals surface area contributed by atoms with Crippen molar-refractivity contribution in [2.75, 3.05) is 0 Å². The van der Waals surface area contributed by atoms with Gasteiger partial charge < -0.3 is 18.1 Å². The Morgan fingerprint density at radius 3 is 1.19 bits per heavy atom. The number of nitriles is 1. The van der Waals surface area contributed by atoms with E-state index in [4.69, 9.17) is 24.7 Å². The first-order valence-corrected chi connectivity index (χ1v) is 19.2. The highest BCUT2D eigenvalue weighted by Gasteiger charge is 2.35. The van der Waals surface area contributed by atoms with Crippen molar-refractivity contribution in [3.8, 4) is 40.2 Å². The normalized spacial score (nSPS) is 12.6. The average molecular weight is 737 g/mol. The van der Waals surface area contributed by atoms with Gasteiger partial charge in [0.25, 0.3) is 18.1 Å². The lowest BCUT2D eigenvalue weighted by Crippen LogP contribution is -2.22. The van der Waals surface area contributed by atoms with Crippen molar-refractivity contribution in [2.24, 2.45) is 0 Å². The second-order valence-electron chi connectivity index (χ2n) is 17.4. The van der Waals surface area contributed by atoms with Crippen LogP contribution in [0.15, 0.2) is 60.7 Å². The summed E-state index contributed by atoms with van der Waals surface area (Å²) in [7, 11) is -0.676. The molecule has 0 saturated heterocycles. The first-order chi connectivity index (χ1) is 24.1. The van der Waals surface area contributed by atoms with Crippen molar-refractivity contribution < 1.29 is 18.1 Å². The Kier molecular flexibility index (Phi) is 12.1. The molecule has 274 valence electrons. The highest BCUT2D eigenvalue weighted by molar-refractivity contribution is 7.27. The van der Waals surface area contributed by atoms with Gasteiger partial charge in [-0.3, -0.25) is 0 Å². The maximum absolute atomic E-state index is 9.28. The molecule has 0 aliphatic heterocycles. The van der Waals surface area contributed by atoms with Crippen molar-refractivity contribution >= 4 is 23.8 Å². The van der Waals surface area contributed by atoms with E-state index >= 15 is 0 Å². The second-order valence-corrected chi connectivity index (χ2v) is 18.6. The lowest BCUT2D eigenvalue weighted by molar-refractivity contribution is 0.484. The van der Waals surface area contributed by atoms with E-state index in [0.29, 0.717) is 22.7 Å². The van der Waals surface area contributed by atoms with E-state index in [2.05, 4.69) is 120 Å². The third-order valence-corrected chi connectivity index (χ3v) is 10.3. The van der Waals surface area contributed by atoms with E-state index in [1.165, 1.54) is 11.1 Å². The summed E-state index contributed by atoms with van der Waals surface area (Å²) in [5.41, 5.74) is 9.11. The van der Waals surface area contributed by atoms with E-state index < -0.39 is 0 Å². The summed E-state index contributed by atoms with van der Waals surface area (Å²) in [6.07, 6.45) is 0. The van der Waals surface area contributed by atoms with Gasteiger partial charge in [-0.1, -0.05) is 107 Å². The standard InChI is InChI=1S/C44H54N2O4P2/c1-27-33(41(3,4)5)24-35(43(9,10)11)39(49-51-47-31-20-16-29(26-45)17-21-31)37(27)38-28(2)34(42(6,7)8)25-36(44(12,13)14)40(38)50-52-48-32-22-18-30(46-15)19-23-32/h16-25,51-52H,1-14H3. The van der Waals surface area contributed by atoms with Crippen LogP contribution in [0, 0.1) is 31.8 Å². The highest BCUT2D eigenvalue weighted by atomic mass is 31.1. The van der Waals surface area contributed by atoms with Crippen LogP contribution in [0.2, 0.25) is 0 Å². The first kappa shape index (κ1) is 40.7. The molecule has 6 nitrogen and oxygen atoms in total. The average Bonchev–Trinajstić information content (AvgIpc) is 3.04. The lowest BCUT2D eigenvalue weighted by atomic mass is 9.72. The third kappa shape index (κ3) is 9.28. The zero-order valence-electron chi connectivity index (χ0n) is 33.3. The van der Waals surface area contributed by atoms with Crippen LogP contribution < -0.4 is 18.1 Å². The highest BCUT2D eigenvalue weighted by Crippen LogP contribution is 2.54. The molecule has 0 spiro atoms. The predicted octanol–water partition coefficient (Wildman–Crippen LogP) is 13.5. The summed E-state index contributed by atoms with van der Waals surface area (Å²) in [6.45, 7) is 38.6. The van der Waals surface area contributed by atoms with Gasteiger partial charge in [0.05, 0.1) is 18.2 Å². The fourth-order valence-electron chi connectivity index (χ4n) is 6.41. The van der Waals surface area contributed by atoms with E-state index in [1.54, 1.807) is 48.5 Å². The number of benzene rings is 4. The van der Waals surface area contributed by atoms with Crippen LogP contribution in [0.5, 0.6) is 23.0 Å². The molecule has 2 atom stereocenters. The summed E-state index contributed by atoms with van der Waals surface area (Å²) in [5, 5.41) is 9.28. The fraction of sp³-hybridized carbons (Fsp3) is 0.409. The summed E-state index contributed by atoms with van der Waals surface area (Å²) in [5.74, 6) is 2.80. The molecule has 4 aromatic rings. The van der Waals surface area contributed by atoms with Crippen LogP contribution in [0.3, 0.4) is 0 Å². The molecule has 4 rings (SSSR count). The molecule has 0 aliphatic rings. The monoisotopic (exact) mass is 736 g/mol. The summed E-state index contributed by atoms with van der Waals surface area (Å²) in [4.78, 5) is 3.50. The largest absolute Gasteiger partial charge is 0.441 e. The number of rotatable bonds is 9. The minimum absolute atomic E-state index is 0.162. The molecule has 0 saturated carbocycles. The molecular formula is C44H54N2O4P2. The topological polar surface area (TPSA) is 65.1 Å². The van der Waals surface area contributed by atoms with Crippen molar-refractivity contribution in [1.82, 2.24) is 0 Å². The Hall–Kier alpha value is -4.08. The summed E-state index contributed by atoms with van der Waals surface area (Å²) < 4.78 is 26.1. The molecule has 0 fully saturated rings. The van der Waals surface area contributed by atoms with Crippen LogP contribution in [-0.4, -0.2) is 0 Å². The Morgan fingerprint density at radius 1 is 0.538 bits per heavy atom. The van der Waals surface area contributed by atoms with Gasteiger partial charge in [0, 0.05) is 22.3 Å². The van der Waals surface area contributed by atoms with Crippen LogP contribution in [0.25, 0.3) is 16.0 Å². The molecule has 2 unspecified atom stereocenters. The van der Waals surface area contributed by atoms with Gasteiger partial charge in [0.15, 0.2) is 5.69 Å². The van der Waals surface area contributed by atoms with Gasteiger partial charge >= 0.3 is 0 Å². The van der Waals surface area contributed by atoms with Crippen LogP contribution >= 0.6 is 18.1 Å². The second kappa shape index (κ2) is 15.5. The minimum Gasteiger partial charge on any atom is -0.441 e. The van der Waals surface area contributed by atoms with Gasteiger partial charge in [-0.15, -0.1) is 0 Å².